The zero-order valence-electron chi connectivity index (χ0n) is 14.3. The second kappa shape index (κ2) is 6.50. The number of hydrogen-bond donors (Lipinski definition) is 1. The number of anilines is 1. The first-order valence-corrected chi connectivity index (χ1v) is 9.09. The molecule has 0 radical (unpaired) electrons. The van der Waals surface area contributed by atoms with Gasteiger partial charge in [0.05, 0.1) is 17.0 Å². The SMILES string of the molecule is Cn1cnc(C2CC3CC(=O)CC3C2)c1C(=O)Nc1ccc(F)c(Cl)c1. The van der Waals surface area contributed by atoms with Gasteiger partial charge >= 0.3 is 0 Å². The van der Waals surface area contributed by atoms with Crippen molar-refractivity contribution in [3.8, 4) is 0 Å². The Kier molecular flexibility index (Phi) is 4.31. The smallest absolute Gasteiger partial charge is 0.274 e. The van der Waals surface area contributed by atoms with Crippen molar-refractivity contribution in [3.63, 3.8) is 0 Å². The lowest BCUT2D eigenvalue weighted by Crippen LogP contribution is -2.18. The number of aryl methyl sites for hydroxylation is 1. The molecule has 1 aromatic heterocycles. The molecule has 2 aromatic rings. The van der Waals surface area contributed by atoms with Gasteiger partial charge < -0.3 is 9.88 Å². The van der Waals surface area contributed by atoms with E-state index in [1.807, 2.05) is 0 Å². The van der Waals surface area contributed by atoms with Crippen LogP contribution in [0.3, 0.4) is 0 Å². The molecule has 1 heterocycles. The number of carbonyl (C=O) groups excluding carboxylic acids is 2. The number of fused-ring (bicyclic) bond motifs is 1. The number of nitrogens with zero attached hydrogens (tertiary/aromatic N) is 2. The summed E-state index contributed by atoms with van der Waals surface area (Å²) in [5, 5.41) is 2.73. The molecule has 2 unspecified atom stereocenters. The molecule has 2 aliphatic rings. The molecule has 2 saturated carbocycles. The molecule has 1 aromatic carbocycles. The Morgan fingerprint density at radius 1 is 1.31 bits per heavy atom. The molecule has 0 aliphatic heterocycles. The summed E-state index contributed by atoms with van der Waals surface area (Å²) < 4.78 is 15.0. The van der Waals surface area contributed by atoms with Gasteiger partial charge in [0.1, 0.15) is 17.3 Å². The van der Waals surface area contributed by atoms with Crippen LogP contribution in [0.25, 0.3) is 0 Å². The molecule has 26 heavy (non-hydrogen) atoms. The summed E-state index contributed by atoms with van der Waals surface area (Å²) in [5.74, 6) is 0.555. The van der Waals surface area contributed by atoms with Crippen molar-refractivity contribution in [3.05, 3.63) is 46.8 Å². The maximum absolute atomic E-state index is 13.3. The number of ketones is 1. The number of carbonyl (C=O) groups is 2. The number of rotatable bonds is 3. The van der Waals surface area contributed by atoms with Crippen LogP contribution in [0.15, 0.2) is 24.5 Å². The summed E-state index contributed by atoms with van der Waals surface area (Å²) >= 11 is 5.78. The van der Waals surface area contributed by atoms with E-state index in [-0.39, 0.29) is 16.8 Å². The average molecular weight is 376 g/mol. The largest absolute Gasteiger partial charge is 0.329 e. The van der Waals surface area contributed by atoms with Gasteiger partial charge in [-0.05, 0) is 42.9 Å². The summed E-state index contributed by atoms with van der Waals surface area (Å²) in [6.45, 7) is 0. The van der Waals surface area contributed by atoms with E-state index < -0.39 is 5.82 Å². The zero-order valence-corrected chi connectivity index (χ0v) is 15.1. The van der Waals surface area contributed by atoms with Crippen molar-refractivity contribution in [1.29, 1.82) is 0 Å². The first kappa shape index (κ1) is 17.2. The predicted molar refractivity (Wildman–Crippen MR) is 95.8 cm³/mol. The van der Waals surface area contributed by atoms with Crippen molar-refractivity contribution in [2.24, 2.45) is 18.9 Å². The fourth-order valence-corrected chi connectivity index (χ4v) is 4.57. The van der Waals surface area contributed by atoms with Crippen LogP contribution < -0.4 is 5.32 Å². The number of imidazole rings is 1. The second-order valence-electron chi connectivity index (χ2n) is 7.31. The Balaban J connectivity index is 1.55. The Labute approximate surface area is 155 Å². The topological polar surface area (TPSA) is 64.0 Å². The Hall–Kier alpha value is -2.21. The molecular formula is C19H19ClFN3O2. The number of halogens is 2. The van der Waals surface area contributed by atoms with Crippen molar-refractivity contribution in [2.45, 2.75) is 31.6 Å². The van der Waals surface area contributed by atoms with Gasteiger partial charge in [-0.1, -0.05) is 11.6 Å². The molecule has 2 aliphatic carbocycles. The lowest BCUT2D eigenvalue weighted by Gasteiger charge is -2.13. The maximum Gasteiger partial charge on any atom is 0.274 e. The first-order chi connectivity index (χ1) is 12.4. The van der Waals surface area contributed by atoms with Crippen LogP contribution in [0.1, 0.15) is 47.8 Å². The lowest BCUT2D eigenvalue weighted by atomic mass is 9.97. The van der Waals surface area contributed by atoms with Gasteiger partial charge in [0.25, 0.3) is 5.91 Å². The highest BCUT2D eigenvalue weighted by atomic mass is 35.5. The quantitative estimate of drug-likeness (QED) is 0.883. The molecule has 2 atom stereocenters. The number of nitrogens with one attached hydrogen (secondary N) is 1. The standard InChI is InChI=1S/C19H19ClFN3O2/c1-24-9-22-17(12-4-10-6-14(25)7-11(10)5-12)18(24)19(26)23-13-2-3-16(21)15(20)8-13/h2-3,8-12H,4-7H2,1H3,(H,23,26). The number of aromatic nitrogens is 2. The van der Waals surface area contributed by atoms with Crippen LogP contribution in [0.5, 0.6) is 0 Å². The maximum atomic E-state index is 13.3. The van der Waals surface area contributed by atoms with Gasteiger partial charge in [0.2, 0.25) is 0 Å². The average Bonchev–Trinajstić information content (AvgIpc) is 3.23. The van der Waals surface area contributed by atoms with Gasteiger partial charge in [0, 0.05) is 31.5 Å². The third-order valence-corrected chi connectivity index (χ3v) is 5.86. The van der Waals surface area contributed by atoms with E-state index in [0.717, 1.165) is 18.5 Å². The highest BCUT2D eigenvalue weighted by Gasteiger charge is 2.43. The molecule has 5 nitrogen and oxygen atoms in total. The van der Waals surface area contributed by atoms with Gasteiger partial charge in [0.15, 0.2) is 0 Å². The van der Waals surface area contributed by atoms with E-state index in [9.17, 15) is 14.0 Å². The van der Waals surface area contributed by atoms with Crippen molar-refractivity contribution >= 4 is 29.0 Å². The van der Waals surface area contributed by atoms with Crippen LogP contribution in [-0.2, 0) is 11.8 Å². The van der Waals surface area contributed by atoms with E-state index in [2.05, 4.69) is 10.3 Å². The van der Waals surface area contributed by atoms with Crippen LogP contribution >= 0.6 is 11.6 Å². The van der Waals surface area contributed by atoms with Gasteiger partial charge in [-0.3, -0.25) is 9.59 Å². The minimum Gasteiger partial charge on any atom is -0.329 e. The summed E-state index contributed by atoms with van der Waals surface area (Å²) in [6.07, 6.45) is 4.75. The number of amides is 1. The summed E-state index contributed by atoms with van der Waals surface area (Å²) in [6, 6.07) is 4.08. The lowest BCUT2D eigenvalue weighted by molar-refractivity contribution is -0.117. The summed E-state index contributed by atoms with van der Waals surface area (Å²) in [4.78, 5) is 28.9. The molecule has 0 saturated heterocycles. The molecule has 1 N–H and O–H groups in total. The third-order valence-electron chi connectivity index (χ3n) is 5.57. The van der Waals surface area contributed by atoms with Crippen LogP contribution in [0.2, 0.25) is 5.02 Å². The van der Waals surface area contributed by atoms with Crippen molar-refractivity contribution < 1.29 is 14.0 Å². The molecule has 0 bridgehead atoms. The zero-order chi connectivity index (χ0) is 18.4. The number of hydrogen-bond acceptors (Lipinski definition) is 3. The molecule has 1 amide bonds. The van der Waals surface area contributed by atoms with Gasteiger partial charge in [-0.2, -0.15) is 0 Å². The molecule has 136 valence electrons. The summed E-state index contributed by atoms with van der Waals surface area (Å²) in [5.41, 5.74) is 1.71. The first-order valence-electron chi connectivity index (χ1n) is 8.71. The molecule has 7 heteroatoms. The second-order valence-corrected chi connectivity index (χ2v) is 7.71. The Bertz CT molecular complexity index is 879. The van der Waals surface area contributed by atoms with Crippen molar-refractivity contribution in [2.75, 3.05) is 5.32 Å². The van der Waals surface area contributed by atoms with Crippen LogP contribution in [0.4, 0.5) is 10.1 Å². The van der Waals surface area contributed by atoms with E-state index in [1.54, 1.807) is 17.9 Å². The fourth-order valence-electron chi connectivity index (χ4n) is 4.39. The third kappa shape index (κ3) is 3.03. The summed E-state index contributed by atoms with van der Waals surface area (Å²) in [7, 11) is 1.78. The highest BCUT2D eigenvalue weighted by Crippen LogP contribution is 2.49. The molecule has 0 spiro atoms. The molecule has 2 fully saturated rings. The van der Waals surface area contributed by atoms with E-state index in [1.165, 1.54) is 18.2 Å². The van der Waals surface area contributed by atoms with E-state index >= 15 is 0 Å². The Morgan fingerprint density at radius 2 is 2.00 bits per heavy atom. The number of Topliss-reactive ketones (excluding diaryl/α,β-unsaturated/α-hetero) is 1. The van der Waals surface area contributed by atoms with Crippen LogP contribution in [-0.4, -0.2) is 21.2 Å². The minimum atomic E-state index is -0.530. The Morgan fingerprint density at radius 3 is 2.65 bits per heavy atom. The normalized spacial score (nSPS) is 24.7. The van der Waals surface area contributed by atoms with Gasteiger partial charge in [-0.15, -0.1) is 0 Å². The van der Waals surface area contributed by atoms with E-state index in [4.69, 9.17) is 11.6 Å². The highest BCUT2D eigenvalue weighted by molar-refractivity contribution is 6.31. The number of benzene rings is 1. The van der Waals surface area contributed by atoms with Crippen LogP contribution in [0, 0.1) is 17.7 Å². The fraction of sp³-hybridized carbons (Fsp3) is 0.421. The molecular weight excluding hydrogens is 357 g/mol. The monoisotopic (exact) mass is 375 g/mol. The predicted octanol–water partition coefficient (Wildman–Crippen LogP) is 3.94. The van der Waals surface area contributed by atoms with Crippen molar-refractivity contribution in [1.82, 2.24) is 9.55 Å². The minimum absolute atomic E-state index is 0.0404. The van der Waals surface area contributed by atoms with Gasteiger partial charge in [-0.25, -0.2) is 9.37 Å². The van der Waals surface area contributed by atoms with E-state index in [0.29, 0.717) is 41.8 Å². The molecule has 4 rings (SSSR count).